The standard InChI is InChI=1S/C15H15Br2NO2S/c1-11(2)18(13-6-4-3-5-7-13)21(19,20)15-10-12(16)8-9-14(15)17/h3-11H,1-2H3. The molecule has 2 rings (SSSR count). The Kier molecular flexibility index (Phi) is 5.11. The van der Waals surface area contributed by atoms with Crippen molar-refractivity contribution in [3.8, 4) is 0 Å². The first-order chi connectivity index (χ1) is 9.84. The lowest BCUT2D eigenvalue weighted by atomic mass is 10.3. The van der Waals surface area contributed by atoms with Gasteiger partial charge in [0.05, 0.1) is 5.69 Å². The molecule has 2 aromatic carbocycles. The number of hydrogen-bond donors (Lipinski definition) is 0. The molecule has 0 unspecified atom stereocenters. The second kappa shape index (κ2) is 6.50. The molecular formula is C15H15Br2NO2S. The molecule has 2 aromatic rings. The molecule has 6 heteroatoms. The molecule has 0 spiro atoms. The number of nitrogens with zero attached hydrogens (tertiary/aromatic N) is 1. The van der Waals surface area contributed by atoms with Crippen molar-refractivity contribution < 1.29 is 8.42 Å². The summed E-state index contributed by atoms with van der Waals surface area (Å²) in [7, 11) is -3.65. The topological polar surface area (TPSA) is 37.4 Å². The predicted molar refractivity (Wildman–Crippen MR) is 93.1 cm³/mol. The summed E-state index contributed by atoms with van der Waals surface area (Å²) >= 11 is 6.66. The Hall–Kier alpha value is -0.850. The molecule has 0 radical (unpaired) electrons. The first kappa shape index (κ1) is 16.5. The van der Waals surface area contributed by atoms with E-state index in [4.69, 9.17) is 0 Å². The van der Waals surface area contributed by atoms with Crippen LogP contribution in [0.4, 0.5) is 5.69 Å². The molecule has 0 aliphatic heterocycles. The van der Waals surface area contributed by atoms with E-state index in [2.05, 4.69) is 31.9 Å². The zero-order valence-electron chi connectivity index (χ0n) is 11.6. The quantitative estimate of drug-likeness (QED) is 0.694. The molecule has 0 N–H and O–H groups in total. The van der Waals surface area contributed by atoms with Crippen molar-refractivity contribution in [3.05, 3.63) is 57.5 Å². The molecule has 21 heavy (non-hydrogen) atoms. The normalized spacial score (nSPS) is 11.7. The summed E-state index contributed by atoms with van der Waals surface area (Å²) in [5.41, 5.74) is 0.652. The van der Waals surface area contributed by atoms with Gasteiger partial charge in [0, 0.05) is 15.0 Å². The summed E-state index contributed by atoms with van der Waals surface area (Å²) in [6.07, 6.45) is 0. The molecule has 112 valence electrons. The highest BCUT2D eigenvalue weighted by atomic mass is 79.9. The lowest BCUT2D eigenvalue weighted by Crippen LogP contribution is -2.37. The van der Waals surface area contributed by atoms with E-state index in [0.29, 0.717) is 10.2 Å². The van der Waals surface area contributed by atoms with Gasteiger partial charge in [0.1, 0.15) is 4.90 Å². The summed E-state index contributed by atoms with van der Waals surface area (Å²) in [4.78, 5) is 0.245. The second-order valence-corrected chi connectivity index (χ2v) is 8.36. The predicted octanol–water partition coefficient (Wildman–Crippen LogP) is 4.82. The van der Waals surface area contributed by atoms with Gasteiger partial charge in [-0.3, -0.25) is 4.31 Å². The molecule has 0 aromatic heterocycles. The van der Waals surface area contributed by atoms with E-state index in [1.165, 1.54) is 4.31 Å². The minimum absolute atomic E-state index is 0.191. The van der Waals surface area contributed by atoms with Gasteiger partial charge < -0.3 is 0 Å². The van der Waals surface area contributed by atoms with Crippen LogP contribution >= 0.6 is 31.9 Å². The van der Waals surface area contributed by atoms with Crippen LogP contribution in [-0.2, 0) is 10.0 Å². The second-order valence-electron chi connectivity index (χ2n) is 4.80. The Bertz CT molecular complexity index is 731. The Morgan fingerprint density at radius 3 is 2.19 bits per heavy atom. The Morgan fingerprint density at radius 2 is 1.62 bits per heavy atom. The van der Waals surface area contributed by atoms with Crippen molar-refractivity contribution in [2.45, 2.75) is 24.8 Å². The zero-order valence-corrected chi connectivity index (χ0v) is 15.6. The lowest BCUT2D eigenvalue weighted by molar-refractivity contribution is 0.584. The molecule has 0 aliphatic rings. The van der Waals surface area contributed by atoms with Crippen molar-refractivity contribution in [1.29, 1.82) is 0 Å². The van der Waals surface area contributed by atoms with Crippen LogP contribution in [0.5, 0.6) is 0 Å². The van der Waals surface area contributed by atoms with Crippen molar-refractivity contribution in [2.24, 2.45) is 0 Å². The van der Waals surface area contributed by atoms with Crippen molar-refractivity contribution in [3.63, 3.8) is 0 Å². The largest absolute Gasteiger partial charge is 0.265 e. The molecule has 0 saturated heterocycles. The van der Waals surface area contributed by atoms with E-state index in [1.54, 1.807) is 30.3 Å². The van der Waals surface area contributed by atoms with Crippen LogP contribution in [0.25, 0.3) is 0 Å². The smallest absolute Gasteiger partial charge is 0.264 e. The number of rotatable bonds is 4. The number of halogens is 2. The monoisotopic (exact) mass is 431 g/mol. The number of anilines is 1. The third-order valence-electron chi connectivity index (χ3n) is 2.91. The van der Waals surface area contributed by atoms with Gasteiger partial charge in [-0.15, -0.1) is 0 Å². The Balaban J connectivity index is 2.61. The number of benzene rings is 2. The van der Waals surface area contributed by atoms with Crippen molar-refractivity contribution >= 4 is 47.6 Å². The maximum atomic E-state index is 13.0. The molecule has 0 atom stereocenters. The summed E-state index contributed by atoms with van der Waals surface area (Å²) in [6, 6.07) is 14.1. The van der Waals surface area contributed by atoms with Gasteiger partial charge in [-0.05, 0) is 60.1 Å². The van der Waals surface area contributed by atoms with Gasteiger partial charge >= 0.3 is 0 Å². The molecule has 0 heterocycles. The number of para-hydroxylation sites is 1. The fraction of sp³-hybridized carbons (Fsp3) is 0.200. The van der Waals surface area contributed by atoms with Crippen LogP contribution in [0.1, 0.15) is 13.8 Å². The highest BCUT2D eigenvalue weighted by molar-refractivity contribution is 9.11. The minimum atomic E-state index is -3.65. The molecule has 3 nitrogen and oxygen atoms in total. The van der Waals surface area contributed by atoms with E-state index in [1.807, 2.05) is 32.0 Å². The maximum Gasteiger partial charge on any atom is 0.265 e. The van der Waals surface area contributed by atoms with Crippen LogP contribution in [0.2, 0.25) is 0 Å². The van der Waals surface area contributed by atoms with Gasteiger partial charge in [-0.1, -0.05) is 34.1 Å². The van der Waals surface area contributed by atoms with E-state index >= 15 is 0 Å². The van der Waals surface area contributed by atoms with Crippen LogP contribution in [0.3, 0.4) is 0 Å². The average Bonchev–Trinajstić information content (AvgIpc) is 2.42. The summed E-state index contributed by atoms with van der Waals surface area (Å²) in [6.45, 7) is 3.72. The molecular weight excluding hydrogens is 418 g/mol. The Labute approximate surface area is 142 Å². The van der Waals surface area contributed by atoms with E-state index < -0.39 is 10.0 Å². The fourth-order valence-electron chi connectivity index (χ4n) is 2.07. The zero-order chi connectivity index (χ0) is 15.6. The van der Waals surface area contributed by atoms with Gasteiger partial charge in [0.15, 0.2) is 0 Å². The van der Waals surface area contributed by atoms with E-state index in [0.717, 1.165) is 4.47 Å². The summed E-state index contributed by atoms with van der Waals surface area (Å²) < 4.78 is 28.7. The van der Waals surface area contributed by atoms with Crippen LogP contribution < -0.4 is 4.31 Å². The van der Waals surface area contributed by atoms with E-state index in [9.17, 15) is 8.42 Å². The van der Waals surface area contributed by atoms with Crippen LogP contribution in [0.15, 0.2) is 62.4 Å². The molecule has 0 fully saturated rings. The van der Waals surface area contributed by atoms with Gasteiger partial charge in [0.25, 0.3) is 10.0 Å². The highest BCUT2D eigenvalue weighted by Gasteiger charge is 2.29. The van der Waals surface area contributed by atoms with Crippen molar-refractivity contribution in [2.75, 3.05) is 4.31 Å². The highest BCUT2D eigenvalue weighted by Crippen LogP contribution is 2.32. The summed E-state index contributed by atoms with van der Waals surface area (Å²) in [5, 5.41) is 0. The van der Waals surface area contributed by atoms with Crippen molar-refractivity contribution in [1.82, 2.24) is 0 Å². The summed E-state index contributed by atoms with van der Waals surface area (Å²) in [5.74, 6) is 0. The first-order valence-corrected chi connectivity index (χ1v) is 9.41. The Morgan fingerprint density at radius 1 is 1.00 bits per heavy atom. The molecule has 0 aliphatic carbocycles. The minimum Gasteiger partial charge on any atom is -0.264 e. The van der Waals surface area contributed by atoms with Crippen LogP contribution in [-0.4, -0.2) is 14.5 Å². The third kappa shape index (κ3) is 3.49. The number of hydrogen-bond acceptors (Lipinski definition) is 2. The molecule has 0 saturated carbocycles. The maximum absolute atomic E-state index is 13.0. The first-order valence-electron chi connectivity index (χ1n) is 6.38. The van der Waals surface area contributed by atoms with Crippen LogP contribution in [0, 0.1) is 0 Å². The molecule has 0 bridgehead atoms. The SMILES string of the molecule is CC(C)N(c1ccccc1)S(=O)(=O)c1cc(Br)ccc1Br. The lowest BCUT2D eigenvalue weighted by Gasteiger charge is -2.28. The third-order valence-corrected chi connectivity index (χ3v) is 6.40. The molecule has 0 amide bonds. The van der Waals surface area contributed by atoms with Gasteiger partial charge in [-0.2, -0.15) is 0 Å². The number of sulfonamides is 1. The average molecular weight is 433 g/mol. The fourth-order valence-corrected chi connectivity index (χ4v) is 5.20. The van der Waals surface area contributed by atoms with Gasteiger partial charge in [-0.25, -0.2) is 8.42 Å². The van der Waals surface area contributed by atoms with E-state index in [-0.39, 0.29) is 10.9 Å². The van der Waals surface area contributed by atoms with Gasteiger partial charge in [0.2, 0.25) is 0 Å².